The van der Waals surface area contributed by atoms with Crippen LogP contribution in [0.3, 0.4) is 0 Å². The first-order valence-electron chi connectivity index (χ1n) is 11.3. The van der Waals surface area contributed by atoms with Crippen LogP contribution in [0.2, 0.25) is 0 Å². The molecule has 2 rings (SSSR count). The van der Waals surface area contributed by atoms with Gasteiger partial charge in [0.2, 0.25) is 0 Å². The second-order valence-corrected chi connectivity index (χ2v) is 10.8. The molecule has 1 N–H and O–H groups in total. The largest absolute Gasteiger partial charge is 0.478 e. The molecule has 0 radical (unpaired) electrons. The number of carboxylic acids is 1. The summed E-state index contributed by atoms with van der Waals surface area (Å²) in [6.45, 7) is 15.5. The fraction of sp³-hybridized carbons (Fsp3) is 0.536. The van der Waals surface area contributed by atoms with Crippen molar-refractivity contribution in [3.05, 3.63) is 64.8 Å². The summed E-state index contributed by atoms with van der Waals surface area (Å²) >= 11 is 0. The monoisotopic (exact) mass is 408 g/mol. The average Bonchev–Trinajstić information content (AvgIpc) is 2.63. The topological polar surface area (TPSA) is 37.3 Å². The van der Waals surface area contributed by atoms with E-state index in [9.17, 15) is 4.79 Å². The minimum absolute atomic E-state index is 0.0876. The van der Waals surface area contributed by atoms with Crippen LogP contribution in [0.4, 0.5) is 0 Å². The van der Waals surface area contributed by atoms with Crippen LogP contribution in [-0.2, 0) is 15.6 Å². The summed E-state index contributed by atoms with van der Waals surface area (Å²) in [5.41, 5.74) is 6.39. The first kappa shape index (κ1) is 24.2. The molecule has 2 heteroatoms. The maximum Gasteiger partial charge on any atom is 0.328 e. The zero-order valence-electron chi connectivity index (χ0n) is 20.0. The highest BCUT2D eigenvalue weighted by atomic mass is 16.4. The highest BCUT2D eigenvalue weighted by Gasteiger charge is 2.24. The van der Waals surface area contributed by atoms with Crippen molar-refractivity contribution in [2.24, 2.45) is 5.92 Å². The number of hydrogen-bond acceptors (Lipinski definition) is 1. The fourth-order valence-electron chi connectivity index (χ4n) is 4.09. The van der Waals surface area contributed by atoms with Gasteiger partial charge < -0.3 is 5.11 Å². The van der Waals surface area contributed by atoms with Crippen LogP contribution in [0.5, 0.6) is 0 Å². The normalized spacial score (nSPS) is 17.6. The lowest BCUT2D eigenvalue weighted by Gasteiger charge is -2.29. The molecule has 1 aromatic rings. The second kappa shape index (κ2) is 9.81. The number of rotatable bonds is 5. The van der Waals surface area contributed by atoms with Gasteiger partial charge in [0.25, 0.3) is 0 Å². The summed E-state index contributed by atoms with van der Waals surface area (Å²) in [5.74, 6) is -0.337. The van der Waals surface area contributed by atoms with E-state index in [0.29, 0.717) is 5.92 Å². The SMILES string of the molecule is CC(/C=C/C=C(/c1cc(C(C)(C)C)cc(C(C)(C)C)c1)C1CCCCC1)=C\C(=O)O. The van der Waals surface area contributed by atoms with Gasteiger partial charge in [-0.15, -0.1) is 0 Å². The van der Waals surface area contributed by atoms with Crippen LogP contribution in [0.1, 0.15) is 97.3 Å². The molecule has 1 saturated carbocycles. The third-order valence-electron chi connectivity index (χ3n) is 6.03. The molecule has 0 saturated heterocycles. The standard InChI is InChI=1S/C28H40O2/c1-20(16-26(29)30)12-11-15-25(21-13-9-8-10-14-21)22-17-23(27(2,3)4)19-24(18-22)28(5,6)7/h11-12,15-19,21H,8-10,13-14H2,1-7H3,(H,29,30)/b12-11+,20-16+,25-15+. The Bertz CT molecular complexity index is 800. The van der Waals surface area contributed by atoms with Gasteiger partial charge in [-0.05, 0) is 64.3 Å². The van der Waals surface area contributed by atoms with E-state index in [1.807, 2.05) is 19.1 Å². The Morgan fingerprint density at radius 1 is 0.933 bits per heavy atom. The quantitative estimate of drug-likeness (QED) is 0.398. The lowest BCUT2D eigenvalue weighted by molar-refractivity contribution is -0.131. The molecule has 1 aromatic carbocycles. The first-order chi connectivity index (χ1) is 13.9. The number of aliphatic carboxylic acids is 1. The van der Waals surface area contributed by atoms with Gasteiger partial charge in [-0.3, -0.25) is 0 Å². The van der Waals surface area contributed by atoms with E-state index in [1.54, 1.807) is 0 Å². The van der Waals surface area contributed by atoms with Crippen molar-refractivity contribution in [3.63, 3.8) is 0 Å². The second-order valence-electron chi connectivity index (χ2n) is 10.8. The van der Waals surface area contributed by atoms with E-state index in [1.165, 1.54) is 60.4 Å². The van der Waals surface area contributed by atoms with Crippen molar-refractivity contribution in [2.45, 2.75) is 91.4 Å². The van der Waals surface area contributed by atoms with Crippen molar-refractivity contribution in [2.75, 3.05) is 0 Å². The molecule has 0 bridgehead atoms. The molecule has 0 amide bonds. The molecule has 0 atom stereocenters. The van der Waals surface area contributed by atoms with E-state index in [4.69, 9.17) is 5.11 Å². The zero-order chi connectivity index (χ0) is 22.5. The molecule has 2 nitrogen and oxygen atoms in total. The molecular formula is C28H40O2. The van der Waals surface area contributed by atoms with E-state index < -0.39 is 5.97 Å². The van der Waals surface area contributed by atoms with Crippen LogP contribution < -0.4 is 0 Å². The van der Waals surface area contributed by atoms with Gasteiger partial charge in [0.15, 0.2) is 0 Å². The molecule has 164 valence electrons. The van der Waals surface area contributed by atoms with Crippen molar-refractivity contribution in [1.29, 1.82) is 0 Å². The molecule has 0 aliphatic heterocycles. The van der Waals surface area contributed by atoms with Crippen molar-refractivity contribution in [1.82, 2.24) is 0 Å². The van der Waals surface area contributed by atoms with Crippen LogP contribution >= 0.6 is 0 Å². The van der Waals surface area contributed by atoms with E-state index >= 15 is 0 Å². The Labute approximate surface area is 183 Å². The summed E-state index contributed by atoms with van der Waals surface area (Å²) in [7, 11) is 0. The lowest BCUT2D eigenvalue weighted by Crippen LogP contribution is -2.18. The van der Waals surface area contributed by atoms with Crippen LogP contribution in [-0.4, -0.2) is 11.1 Å². The van der Waals surface area contributed by atoms with Crippen LogP contribution in [0.15, 0.2) is 48.1 Å². The number of hydrogen-bond donors (Lipinski definition) is 1. The third-order valence-corrected chi connectivity index (χ3v) is 6.03. The molecule has 1 aliphatic carbocycles. The van der Waals surface area contributed by atoms with Crippen molar-refractivity contribution < 1.29 is 9.90 Å². The Morgan fingerprint density at radius 2 is 1.47 bits per heavy atom. The molecule has 30 heavy (non-hydrogen) atoms. The number of allylic oxidation sites excluding steroid dienone is 5. The maximum absolute atomic E-state index is 10.9. The molecule has 1 aliphatic rings. The predicted octanol–water partition coefficient (Wildman–Crippen LogP) is 7.83. The van der Waals surface area contributed by atoms with Crippen molar-refractivity contribution >= 4 is 11.5 Å². The van der Waals surface area contributed by atoms with Crippen molar-refractivity contribution in [3.8, 4) is 0 Å². The average molecular weight is 409 g/mol. The molecule has 0 unspecified atom stereocenters. The minimum Gasteiger partial charge on any atom is -0.478 e. The maximum atomic E-state index is 10.9. The summed E-state index contributed by atoms with van der Waals surface area (Å²) in [6.07, 6.45) is 13.8. The number of benzene rings is 1. The van der Waals surface area contributed by atoms with Gasteiger partial charge in [0.05, 0.1) is 0 Å². The van der Waals surface area contributed by atoms with E-state index in [-0.39, 0.29) is 10.8 Å². The van der Waals surface area contributed by atoms with E-state index in [0.717, 1.165) is 5.57 Å². The van der Waals surface area contributed by atoms with Gasteiger partial charge in [0, 0.05) is 6.08 Å². The van der Waals surface area contributed by atoms with Crippen LogP contribution in [0.25, 0.3) is 5.57 Å². The Hall–Kier alpha value is -2.09. The Kier molecular flexibility index (Phi) is 7.91. The van der Waals surface area contributed by atoms with E-state index in [2.05, 4.69) is 65.8 Å². The minimum atomic E-state index is -0.902. The van der Waals surface area contributed by atoms with Gasteiger partial charge in [-0.25, -0.2) is 4.79 Å². The summed E-state index contributed by atoms with van der Waals surface area (Å²) in [5, 5.41) is 8.96. The fourth-order valence-corrected chi connectivity index (χ4v) is 4.09. The predicted molar refractivity (Wildman–Crippen MR) is 129 cm³/mol. The summed E-state index contributed by atoms with van der Waals surface area (Å²) in [6, 6.07) is 7.13. The van der Waals surface area contributed by atoms with Gasteiger partial charge >= 0.3 is 5.97 Å². The zero-order valence-corrected chi connectivity index (χ0v) is 20.0. The highest BCUT2D eigenvalue weighted by Crippen LogP contribution is 2.39. The van der Waals surface area contributed by atoms with Gasteiger partial charge in [0.1, 0.15) is 0 Å². The van der Waals surface area contributed by atoms with Gasteiger partial charge in [-0.1, -0.05) is 97.2 Å². The molecule has 1 fully saturated rings. The summed E-state index contributed by atoms with van der Waals surface area (Å²) in [4.78, 5) is 10.9. The number of carbonyl (C=O) groups is 1. The highest BCUT2D eigenvalue weighted by molar-refractivity contribution is 5.81. The first-order valence-corrected chi connectivity index (χ1v) is 11.3. The van der Waals surface area contributed by atoms with Gasteiger partial charge in [-0.2, -0.15) is 0 Å². The molecule has 0 heterocycles. The third kappa shape index (κ3) is 7.00. The number of carboxylic acid groups (broad SMARTS) is 1. The summed E-state index contributed by atoms with van der Waals surface area (Å²) < 4.78 is 0. The Morgan fingerprint density at radius 3 is 1.93 bits per heavy atom. The van der Waals surface area contributed by atoms with Crippen LogP contribution in [0, 0.1) is 5.92 Å². The molecule has 0 spiro atoms. The lowest BCUT2D eigenvalue weighted by atomic mass is 9.75. The smallest absolute Gasteiger partial charge is 0.328 e. The Balaban J connectivity index is 2.58. The molecular weight excluding hydrogens is 368 g/mol. The molecule has 0 aromatic heterocycles.